The van der Waals surface area contributed by atoms with E-state index in [1.165, 1.54) is 22.5 Å². The van der Waals surface area contributed by atoms with Crippen LogP contribution in [0.15, 0.2) is 47.4 Å². The van der Waals surface area contributed by atoms with Crippen molar-refractivity contribution in [2.24, 2.45) is 0 Å². The number of carbonyl (C=O) groups excluding carboxylic acids is 1. The quantitative estimate of drug-likeness (QED) is 0.641. The Morgan fingerprint density at radius 1 is 0.971 bits per heavy atom. The van der Waals surface area contributed by atoms with Crippen molar-refractivity contribution >= 4 is 15.9 Å². The Hall–Kier alpha value is -2.69. The first-order valence-electron chi connectivity index (χ1n) is 11.6. The summed E-state index contributed by atoms with van der Waals surface area (Å²) in [6, 6.07) is 11.3. The summed E-state index contributed by atoms with van der Waals surface area (Å²) < 4.78 is 52.3. The maximum absolute atomic E-state index is 14.1. The molecule has 3 heterocycles. The lowest BCUT2D eigenvalue weighted by molar-refractivity contribution is -0.133. The number of carbonyl (C=O) groups is 1. The molecule has 2 aromatic rings. The van der Waals surface area contributed by atoms with E-state index in [4.69, 9.17) is 9.47 Å². The van der Waals surface area contributed by atoms with Crippen LogP contribution < -0.4 is 9.47 Å². The predicted molar refractivity (Wildman–Crippen MR) is 123 cm³/mol. The number of hydrogen-bond acceptors (Lipinski definition) is 6. The van der Waals surface area contributed by atoms with Crippen molar-refractivity contribution in [1.29, 1.82) is 0 Å². The molecule has 0 saturated carbocycles. The fourth-order valence-corrected chi connectivity index (χ4v) is 6.37. The number of piperazine rings is 1. The van der Waals surface area contributed by atoms with E-state index in [-0.39, 0.29) is 36.5 Å². The molecular formula is C24H28FN3O5S. The molecule has 182 valence electrons. The fourth-order valence-electron chi connectivity index (χ4n) is 4.88. The van der Waals surface area contributed by atoms with Gasteiger partial charge in [-0.25, -0.2) is 12.8 Å². The van der Waals surface area contributed by atoms with Crippen molar-refractivity contribution < 1.29 is 27.1 Å². The Balaban J connectivity index is 1.20. The first-order chi connectivity index (χ1) is 16.4. The van der Waals surface area contributed by atoms with Gasteiger partial charge in [-0.2, -0.15) is 4.31 Å². The van der Waals surface area contributed by atoms with Gasteiger partial charge < -0.3 is 14.4 Å². The highest BCUT2D eigenvalue weighted by molar-refractivity contribution is 7.89. The highest BCUT2D eigenvalue weighted by Crippen LogP contribution is 2.38. The summed E-state index contributed by atoms with van der Waals surface area (Å²) in [6.45, 7) is 3.25. The molecule has 0 unspecified atom stereocenters. The van der Waals surface area contributed by atoms with Crippen molar-refractivity contribution in [3.8, 4) is 11.5 Å². The summed E-state index contributed by atoms with van der Waals surface area (Å²) in [7, 11) is -3.90. The van der Waals surface area contributed by atoms with Crippen LogP contribution in [0.4, 0.5) is 4.39 Å². The number of benzene rings is 2. The molecule has 0 N–H and O–H groups in total. The van der Waals surface area contributed by atoms with Gasteiger partial charge in [-0.15, -0.1) is 0 Å². The van der Waals surface area contributed by atoms with Gasteiger partial charge >= 0.3 is 0 Å². The first-order valence-corrected chi connectivity index (χ1v) is 13.0. The Morgan fingerprint density at radius 3 is 2.47 bits per heavy atom. The molecular weight excluding hydrogens is 461 g/mol. The summed E-state index contributed by atoms with van der Waals surface area (Å²) >= 11 is 0. The Kier molecular flexibility index (Phi) is 6.46. The highest BCUT2D eigenvalue weighted by Gasteiger charge is 2.34. The zero-order chi connectivity index (χ0) is 23.7. The van der Waals surface area contributed by atoms with Crippen LogP contribution in [0.5, 0.6) is 11.5 Å². The van der Waals surface area contributed by atoms with Crippen LogP contribution in [-0.2, 0) is 14.8 Å². The minimum atomic E-state index is -3.90. The van der Waals surface area contributed by atoms with Gasteiger partial charge in [0.1, 0.15) is 23.9 Å². The number of halogens is 1. The summed E-state index contributed by atoms with van der Waals surface area (Å²) in [5.41, 5.74) is 1.04. The molecule has 3 aliphatic rings. The lowest BCUT2D eigenvalue weighted by Gasteiger charge is -2.35. The molecule has 2 fully saturated rings. The second-order valence-corrected chi connectivity index (χ2v) is 10.7. The third-order valence-corrected chi connectivity index (χ3v) is 8.60. The molecule has 0 spiro atoms. The molecule has 0 aliphatic carbocycles. The van der Waals surface area contributed by atoms with Gasteiger partial charge in [0, 0.05) is 32.7 Å². The van der Waals surface area contributed by atoms with E-state index in [9.17, 15) is 17.6 Å². The Morgan fingerprint density at radius 2 is 1.71 bits per heavy atom. The van der Waals surface area contributed by atoms with Crippen LogP contribution in [0, 0.1) is 5.82 Å². The van der Waals surface area contributed by atoms with E-state index >= 15 is 0 Å². The van der Waals surface area contributed by atoms with Crippen LogP contribution in [0.3, 0.4) is 0 Å². The van der Waals surface area contributed by atoms with E-state index in [1.54, 1.807) is 0 Å². The maximum atomic E-state index is 14.1. The fraction of sp³-hybridized carbons (Fsp3) is 0.458. The monoisotopic (exact) mass is 489 g/mol. The molecule has 5 rings (SSSR count). The predicted octanol–water partition coefficient (Wildman–Crippen LogP) is 2.27. The average molecular weight is 490 g/mol. The Labute approximate surface area is 198 Å². The number of likely N-dealkylation sites (tertiary alicyclic amines) is 1. The minimum absolute atomic E-state index is 0.00829. The van der Waals surface area contributed by atoms with E-state index in [2.05, 4.69) is 0 Å². The topological polar surface area (TPSA) is 79.4 Å². The summed E-state index contributed by atoms with van der Waals surface area (Å²) in [5, 5.41) is 0. The molecule has 0 bridgehead atoms. The molecule has 0 aromatic heterocycles. The van der Waals surface area contributed by atoms with Crippen LogP contribution in [-0.4, -0.2) is 80.9 Å². The number of hydrogen-bond donors (Lipinski definition) is 0. The van der Waals surface area contributed by atoms with E-state index in [0.29, 0.717) is 32.8 Å². The molecule has 0 radical (unpaired) electrons. The molecule has 1 atom stereocenters. The van der Waals surface area contributed by atoms with Gasteiger partial charge in [-0.3, -0.25) is 9.69 Å². The third kappa shape index (κ3) is 4.49. The minimum Gasteiger partial charge on any atom is -0.486 e. The van der Waals surface area contributed by atoms with Gasteiger partial charge in [0.2, 0.25) is 15.9 Å². The summed E-state index contributed by atoms with van der Waals surface area (Å²) in [6.07, 6.45) is 1.82. The molecule has 8 nitrogen and oxygen atoms in total. The molecule has 1 amide bonds. The van der Waals surface area contributed by atoms with Gasteiger partial charge in [0.25, 0.3) is 0 Å². The van der Waals surface area contributed by atoms with Gasteiger partial charge in [0.15, 0.2) is 11.5 Å². The van der Waals surface area contributed by atoms with Crippen molar-refractivity contribution in [2.75, 3.05) is 52.5 Å². The normalized spacial score (nSPS) is 21.6. The van der Waals surface area contributed by atoms with Crippen LogP contribution >= 0.6 is 0 Å². The SMILES string of the molecule is O=C(CN1CCN(S(=O)(=O)c2ccccc2F)CC1)N1CCC[C@H]1c1ccc2c(c1)OCCO2. The highest BCUT2D eigenvalue weighted by atomic mass is 32.2. The number of fused-ring (bicyclic) bond motifs is 1. The summed E-state index contributed by atoms with van der Waals surface area (Å²) in [5.74, 6) is 0.728. The van der Waals surface area contributed by atoms with Crippen molar-refractivity contribution in [2.45, 2.75) is 23.8 Å². The zero-order valence-electron chi connectivity index (χ0n) is 18.9. The smallest absolute Gasteiger partial charge is 0.246 e. The second-order valence-electron chi connectivity index (χ2n) is 8.76. The van der Waals surface area contributed by atoms with Crippen LogP contribution in [0.25, 0.3) is 0 Å². The van der Waals surface area contributed by atoms with E-state index in [0.717, 1.165) is 36.0 Å². The number of rotatable bonds is 5. The van der Waals surface area contributed by atoms with Gasteiger partial charge in [-0.05, 0) is 42.7 Å². The standard InChI is InChI=1S/C24H28FN3O5S/c25-19-4-1-2-6-23(19)34(30,31)27-12-10-26(11-13-27)17-24(29)28-9-3-5-20(28)18-7-8-21-22(16-18)33-15-14-32-21/h1-2,4,6-8,16,20H,3,5,9-15,17H2/t20-/m0/s1. The lowest BCUT2D eigenvalue weighted by Crippen LogP contribution is -2.51. The third-order valence-electron chi connectivity index (χ3n) is 6.67. The Bertz CT molecular complexity index is 1170. The molecule has 10 heteroatoms. The molecule has 2 saturated heterocycles. The summed E-state index contributed by atoms with van der Waals surface area (Å²) in [4.78, 5) is 16.7. The largest absolute Gasteiger partial charge is 0.486 e. The molecule has 3 aliphatic heterocycles. The van der Waals surface area contributed by atoms with E-state index in [1.807, 2.05) is 28.0 Å². The number of nitrogens with zero attached hydrogens (tertiary/aromatic N) is 3. The molecule has 2 aromatic carbocycles. The number of ether oxygens (including phenoxy) is 2. The molecule has 34 heavy (non-hydrogen) atoms. The zero-order valence-corrected chi connectivity index (χ0v) is 19.7. The number of sulfonamides is 1. The van der Waals surface area contributed by atoms with Gasteiger partial charge in [0.05, 0.1) is 12.6 Å². The number of amides is 1. The lowest BCUT2D eigenvalue weighted by atomic mass is 10.0. The maximum Gasteiger partial charge on any atom is 0.246 e. The van der Waals surface area contributed by atoms with Crippen LogP contribution in [0.1, 0.15) is 24.4 Å². The van der Waals surface area contributed by atoms with Crippen molar-refractivity contribution in [3.63, 3.8) is 0 Å². The second kappa shape index (κ2) is 9.52. The average Bonchev–Trinajstić information content (AvgIpc) is 3.34. The van der Waals surface area contributed by atoms with Gasteiger partial charge in [-0.1, -0.05) is 18.2 Å². The van der Waals surface area contributed by atoms with Crippen LogP contribution in [0.2, 0.25) is 0 Å². The first kappa shape index (κ1) is 23.1. The van der Waals surface area contributed by atoms with E-state index < -0.39 is 15.8 Å². The van der Waals surface area contributed by atoms with Crippen molar-refractivity contribution in [3.05, 3.63) is 53.8 Å². The van der Waals surface area contributed by atoms with Crippen molar-refractivity contribution in [1.82, 2.24) is 14.1 Å².